The number of guanidine groups is 1. The van der Waals surface area contributed by atoms with Gasteiger partial charge in [0.2, 0.25) is 29.1 Å². The Balaban J connectivity index is 1.09. The third-order valence-electron chi connectivity index (χ3n) is 12.5. The van der Waals surface area contributed by atoms with Gasteiger partial charge in [-0.3, -0.25) is 24.2 Å². The Morgan fingerprint density at radius 1 is 0.685 bits per heavy atom. The van der Waals surface area contributed by atoms with Crippen LogP contribution < -0.4 is 47.9 Å². The van der Waals surface area contributed by atoms with Crippen molar-refractivity contribution in [3.05, 3.63) is 155 Å². The molecule has 0 saturated heterocycles. The zero-order valence-corrected chi connectivity index (χ0v) is 42.3. The zero-order chi connectivity index (χ0) is 52.0. The van der Waals surface area contributed by atoms with Crippen LogP contribution in [0.3, 0.4) is 0 Å². The average Bonchev–Trinajstić information content (AvgIpc) is 3.71. The minimum Gasteiger partial charge on any atom is -0.480 e. The van der Waals surface area contributed by atoms with Crippen molar-refractivity contribution in [1.82, 2.24) is 21.3 Å². The number of carboxylic acids is 1. The van der Waals surface area contributed by atoms with Crippen LogP contribution >= 0.6 is 11.8 Å². The molecule has 1 aromatic heterocycles. The number of hydrogen-bond acceptors (Lipinski definition) is 9. The van der Waals surface area contributed by atoms with Crippen LogP contribution in [0.5, 0.6) is 0 Å². The van der Waals surface area contributed by atoms with E-state index in [1.54, 1.807) is 36.0 Å². The lowest BCUT2D eigenvalue weighted by Gasteiger charge is -2.26. The van der Waals surface area contributed by atoms with E-state index >= 15 is 0 Å². The number of benzene rings is 4. The summed E-state index contributed by atoms with van der Waals surface area (Å²) in [6.45, 7) is 1.29. The summed E-state index contributed by atoms with van der Waals surface area (Å²) in [4.78, 5) is 75.6. The van der Waals surface area contributed by atoms with Crippen molar-refractivity contribution in [1.29, 1.82) is 0 Å². The summed E-state index contributed by atoms with van der Waals surface area (Å²) in [5.41, 5.74) is 21.7. The number of fused-ring (bicyclic) bond motifs is 2. The van der Waals surface area contributed by atoms with Gasteiger partial charge in [0.05, 0.1) is 16.1 Å². The van der Waals surface area contributed by atoms with Gasteiger partial charge in [0.15, 0.2) is 12.2 Å². The van der Waals surface area contributed by atoms with Gasteiger partial charge in [0.1, 0.15) is 30.7 Å². The number of thioether (sulfide) groups is 1. The second-order valence-corrected chi connectivity index (χ2v) is 19.1. The average molecular weight is 1010 g/mol. The lowest BCUT2D eigenvalue weighted by Crippen LogP contribution is -2.58. The molecule has 0 unspecified atom stereocenters. The largest absolute Gasteiger partial charge is 0.480 e. The highest BCUT2D eigenvalue weighted by molar-refractivity contribution is 8.03. The van der Waals surface area contributed by atoms with Crippen molar-refractivity contribution in [2.45, 2.75) is 106 Å². The number of carbonyl (C=O) groups is 5. The first-order valence-electron chi connectivity index (χ1n) is 25.0. The number of pyridine rings is 1. The third kappa shape index (κ3) is 17.1. The Morgan fingerprint density at radius 2 is 1.29 bits per heavy atom. The van der Waals surface area contributed by atoms with Crippen LogP contribution in [-0.4, -0.2) is 85.0 Å². The van der Waals surface area contributed by atoms with E-state index in [2.05, 4.69) is 110 Å². The van der Waals surface area contributed by atoms with Crippen LogP contribution in [0.2, 0.25) is 0 Å². The molecule has 0 spiro atoms. The van der Waals surface area contributed by atoms with Crippen molar-refractivity contribution in [2.75, 3.05) is 25.0 Å². The maximum Gasteiger partial charge on any atom is 0.326 e. The summed E-state index contributed by atoms with van der Waals surface area (Å²) in [5.74, 6) is -3.62. The van der Waals surface area contributed by atoms with Gasteiger partial charge in [-0.05, 0) is 92.5 Å². The molecule has 4 amide bonds. The number of aliphatic carboxylic acids is 1. The Bertz CT molecular complexity index is 2730. The molecule has 0 fully saturated rings. The van der Waals surface area contributed by atoms with Crippen LogP contribution in [0.1, 0.15) is 74.5 Å². The fraction of sp³-hybridized carbons (Fsp3) is 0.339. The highest BCUT2D eigenvalue weighted by Crippen LogP contribution is 2.44. The van der Waals surface area contributed by atoms with E-state index in [1.807, 2.05) is 48.5 Å². The number of carboxylic acid groups (broad SMARTS) is 1. The Labute approximate surface area is 432 Å². The number of nitrogens with two attached hydrogens (primary N) is 3. The molecule has 0 aliphatic carbocycles. The maximum absolute atomic E-state index is 14.3. The first-order valence-corrected chi connectivity index (χ1v) is 25.8. The highest BCUT2D eigenvalue weighted by atomic mass is 32.2. The van der Waals surface area contributed by atoms with Crippen molar-refractivity contribution < 1.29 is 33.6 Å². The summed E-state index contributed by atoms with van der Waals surface area (Å²) in [6, 6.07) is 32.4. The van der Waals surface area contributed by atoms with Gasteiger partial charge in [-0.2, -0.15) is 4.57 Å². The number of carbonyl (C=O) groups excluding carboxylic acids is 4. The molecule has 16 nitrogen and oxygen atoms in total. The number of nitrogens with zero attached hydrogens (tertiary/aromatic N) is 3. The van der Waals surface area contributed by atoms with Crippen LogP contribution in [0.4, 0.5) is 5.69 Å². The highest BCUT2D eigenvalue weighted by Gasteiger charge is 2.32. The van der Waals surface area contributed by atoms with E-state index < -0.39 is 47.9 Å². The lowest BCUT2D eigenvalue weighted by molar-refractivity contribution is -0.671. The van der Waals surface area contributed by atoms with Gasteiger partial charge >= 0.3 is 5.97 Å². The molecule has 1 aliphatic heterocycles. The Kier molecular flexibility index (Phi) is 21.4. The third-order valence-corrected chi connectivity index (χ3v) is 13.7. The van der Waals surface area contributed by atoms with Crippen LogP contribution in [-0.2, 0) is 43.4 Å². The predicted molar refractivity (Wildman–Crippen MR) is 289 cm³/mol. The molecular weight excluding hydrogens is 941 g/mol. The molecule has 4 aromatic carbocycles. The normalized spacial score (nSPS) is 14.2. The fourth-order valence-electron chi connectivity index (χ4n) is 8.62. The molecule has 73 heavy (non-hydrogen) atoms. The number of hydrogen-bond donors (Lipinski definition) is 8. The van der Waals surface area contributed by atoms with E-state index in [-0.39, 0.29) is 56.9 Å². The summed E-state index contributed by atoms with van der Waals surface area (Å²) < 4.78 is 2.24. The number of para-hydroxylation sites is 2. The number of aromatic nitrogens is 1. The molecule has 0 bridgehead atoms. The Morgan fingerprint density at radius 3 is 1.96 bits per heavy atom. The molecule has 11 N–H and O–H groups in total. The topological polar surface area (TPSA) is 251 Å². The van der Waals surface area contributed by atoms with Gasteiger partial charge < -0.3 is 48.5 Å². The number of amides is 4. The molecule has 4 atom stereocenters. The smallest absolute Gasteiger partial charge is 0.326 e. The number of nitrogens with one attached hydrogen (secondary N) is 4. The predicted octanol–water partition coefficient (Wildman–Crippen LogP) is 5.48. The molecule has 384 valence electrons. The molecule has 1 aliphatic rings. The molecule has 2 heterocycles. The van der Waals surface area contributed by atoms with Crippen LogP contribution in [0.15, 0.2) is 149 Å². The van der Waals surface area contributed by atoms with E-state index in [9.17, 15) is 29.1 Å². The first-order chi connectivity index (χ1) is 35.4. The van der Waals surface area contributed by atoms with Crippen LogP contribution in [0, 0.1) is 0 Å². The van der Waals surface area contributed by atoms with Gasteiger partial charge in [0, 0.05) is 56.3 Å². The lowest BCUT2D eigenvalue weighted by atomic mass is 10.0. The number of allylic oxidation sites excluding steroid dienone is 2. The zero-order valence-electron chi connectivity index (χ0n) is 41.5. The number of unbranched alkanes of at least 4 members (excludes halogenated alkanes) is 3. The van der Waals surface area contributed by atoms with Gasteiger partial charge in [-0.25, -0.2) is 4.79 Å². The van der Waals surface area contributed by atoms with Crippen LogP contribution in [0.25, 0.3) is 17.0 Å². The molecule has 17 heteroatoms. The fourth-order valence-corrected chi connectivity index (χ4v) is 9.68. The molecular formula is C56H69N10O6S+. The van der Waals surface area contributed by atoms with E-state index in [0.717, 1.165) is 52.0 Å². The Hall–Kier alpha value is -7.50. The van der Waals surface area contributed by atoms with Crippen molar-refractivity contribution in [3.63, 3.8) is 0 Å². The number of anilines is 1. The monoisotopic (exact) mass is 1010 g/mol. The minimum absolute atomic E-state index is 0.0427. The summed E-state index contributed by atoms with van der Waals surface area (Å²) in [6.07, 6.45) is 12.6. The molecule has 6 rings (SSSR count). The number of aryl methyl sites for hydroxylation is 1. The number of rotatable bonds is 28. The SMILES string of the molecule is CN1/C(=C\C=C\c2cc[n+](CCCCCC(=O)N[C@@H](Cc3ccccc3)C(=O)N[C@H](CCCN=C(N)N)C(=O)N[C@@H](Cc3ccccc3)C(=O)N[C@@H](CCCCN)C(=O)O)c3ccccc23)Sc2ccccc21. The second kappa shape index (κ2) is 28.5. The van der Waals surface area contributed by atoms with Gasteiger partial charge in [-0.1, -0.05) is 109 Å². The van der Waals surface area contributed by atoms with Crippen molar-refractivity contribution in [2.24, 2.45) is 22.2 Å². The van der Waals surface area contributed by atoms with Crippen molar-refractivity contribution in [3.8, 4) is 0 Å². The molecule has 0 radical (unpaired) electrons. The summed E-state index contributed by atoms with van der Waals surface area (Å²) in [5, 5.41) is 23.4. The summed E-state index contributed by atoms with van der Waals surface area (Å²) >= 11 is 1.76. The van der Waals surface area contributed by atoms with E-state index in [0.29, 0.717) is 25.8 Å². The van der Waals surface area contributed by atoms with E-state index in [4.69, 9.17) is 17.2 Å². The van der Waals surface area contributed by atoms with Gasteiger partial charge in [0.25, 0.3) is 0 Å². The second-order valence-electron chi connectivity index (χ2n) is 18.0. The summed E-state index contributed by atoms with van der Waals surface area (Å²) in [7, 11) is 2.08. The van der Waals surface area contributed by atoms with Gasteiger partial charge in [-0.15, -0.1) is 0 Å². The first kappa shape index (κ1) is 54.8. The van der Waals surface area contributed by atoms with Crippen molar-refractivity contribution >= 4 is 70.0 Å². The standard InChI is InChI=1S/C56H68N10O6S/c1-65-48-28-12-13-29-49(48)73-51(65)31-17-23-41-32-36-66(47-27-11-10-24-42(41)47)35-16-4-9-30-50(67)61-45(37-39-19-5-2-6-20-39)53(69)62-43(26-18-34-60-56(58)59)52(68)64-46(38-40-21-7-3-8-22-40)54(70)63-44(55(71)72)25-14-15-33-57/h2-3,5-8,10-13,17,19-24,27-29,31-32,36,43-46H,4,9,14-16,18,25-26,30,33-35,37-38,57H2,1H3,(H8-,58,59,60,61,62,63,64,67,68,69,70,71,72)/p+1/t43-,44+,45+,46+/m1/s1. The number of aliphatic imine (C=N–C) groups is 1. The molecule has 0 saturated carbocycles. The quantitative estimate of drug-likeness (QED) is 0.0135. The minimum atomic E-state index is -1.21. The maximum atomic E-state index is 14.3. The molecule has 5 aromatic rings. The van der Waals surface area contributed by atoms with E-state index in [1.165, 1.54) is 10.6 Å².